The number of hydrogen-bond acceptors (Lipinski definition) is 0. The first-order valence-corrected chi connectivity index (χ1v) is 57.1. The van der Waals surface area contributed by atoms with Gasteiger partial charge < -0.3 is 0 Å². The van der Waals surface area contributed by atoms with Crippen molar-refractivity contribution in [3.8, 4) is 0 Å². The largest absolute Gasteiger partial charge is 0.351 e. The second kappa shape index (κ2) is 62.0. The molecule has 6 aromatic carbocycles. The minimum absolute atomic E-state index is 0.119. The molecule has 0 spiro atoms. The van der Waals surface area contributed by atoms with Crippen molar-refractivity contribution in [2.24, 2.45) is 29.6 Å². The van der Waals surface area contributed by atoms with E-state index in [2.05, 4.69) is 482 Å². The lowest BCUT2D eigenvalue weighted by atomic mass is 9.25. The summed E-state index contributed by atoms with van der Waals surface area (Å²) in [6, 6.07) is 52.9. The molecule has 0 bridgehead atoms. The fourth-order valence-corrected chi connectivity index (χ4v) is 16.3. The first kappa shape index (κ1) is 117. The third kappa shape index (κ3) is 47.6. The number of benzene rings is 6. The Labute approximate surface area is 775 Å². The highest BCUT2D eigenvalue weighted by Crippen LogP contribution is 2.43. The number of rotatable bonds is 38. The topological polar surface area (TPSA) is 0 Å². The van der Waals surface area contributed by atoms with Gasteiger partial charge in [-0.25, -0.2) is 0 Å². The van der Waals surface area contributed by atoms with Gasteiger partial charge >= 0.3 is 5.54 Å². The summed E-state index contributed by atoms with van der Waals surface area (Å²) in [6.45, 7) is 82.3. The molecule has 646 valence electrons. The van der Waals surface area contributed by atoms with Gasteiger partial charge in [0.15, 0.2) is 20.1 Å². The summed E-state index contributed by atoms with van der Waals surface area (Å²) in [5, 5.41) is 6.66. The van der Waals surface area contributed by atoms with Crippen molar-refractivity contribution in [3.05, 3.63) is 218 Å². The second-order valence-electron chi connectivity index (χ2n) is 39.3. The molecule has 0 atom stereocenters. The third-order valence-electron chi connectivity index (χ3n) is 24.9. The average Bonchev–Trinajstić information content (AvgIpc) is 0.630. The molecule has 0 saturated heterocycles. The molecular weight excluding hydrogens is 1750 g/mol. The predicted molar refractivity (Wildman–Crippen MR) is 584 cm³/mol. The van der Waals surface area contributed by atoms with Crippen molar-refractivity contribution in [1.82, 2.24) is 0 Å². The Morgan fingerprint density at radius 3 is 0.915 bits per heavy atom. The standard InChI is InChI=1S/C26H27B.C18H23B.C18H35B.C16H35BSi2.C10H19B.C5H11BBr2.C4H9BBr2.C4H9BCl2/c1-19(2)26(3,4)27(24-17-9-13-20-11-5-7-15-22(20)24)25-18-10-14-21-12-6-8-16-23(21)25;1-15(2)18(3,4)19(16-11-7-5-8-12-16)17-13-9-6-10-14-17;1-7-9-11-13-15-19(16-14-12-10-8-2)18(5,6)17(3)4;1-15(2)16(3,4)17(11-13-18(5,6)7)12-14-19(8,9)10;1-7-11(8-2)10(5,6)9(3)4;1-2-3-4-5-6(7)8;2*1-2-3-4-5(6)7/h5-19H,1-4H3;5-15H,1-4H3;13-17H,7-12H2,1-6H3;11-15H,1-10H3;7-9H,1-2H2,3-6H3;2-5H2,1H3;2*2-4H2,1H3. The molecule has 0 heterocycles. The van der Waals surface area contributed by atoms with Crippen LogP contribution in [0.2, 0.25) is 84.8 Å². The molecule has 6 aromatic rings. The van der Waals surface area contributed by atoms with E-state index in [1.54, 1.807) is 0 Å². The molecule has 0 aliphatic heterocycles. The van der Waals surface area contributed by atoms with Crippen LogP contribution in [0, 0.1) is 29.6 Å². The van der Waals surface area contributed by atoms with E-state index in [0.29, 0.717) is 82.5 Å². The Bertz CT molecular complexity index is 3460. The molecule has 0 aliphatic rings. The van der Waals surface area contributed by atoms with Gasteiger partial charge in [0, 0.05) is 0 Å². The van der Waals surface area contributed by atoms with Crippen LogP contribution in [0.3, 0.4) is 0 Å². The summed E-state index contributed by atoms with van der Waals surface area (Å²) < 4.78 is 1.06. The van der Waals surface area contributed by atoms with Gasteiger partial charge in [-0.15, -0.1) is 123 Å². The third-order valence-corrected chi connectivity index (χ3v) is 29.5. The molecule has 0 N–H and O–H groups in total. The molecule has 0 aromatic heterocycles. The van der Waals surface area contributed by atoms with E-state index in [9.17, 15) is 0 Å². The van der Waals surface area contributed by atoms with Crippen molar-refractivity contribution in [2.75, 3.05) is 0 Å². The highest BCUT2D eigenvalue weighted by atomic mass is 79.9. The fourth-order valence-electron chi connectivity index (χ4n) is 13.1. The van der Waals surface area contributed by atoms with Crippen LogP contribution in [0.15, 0.2) is 218 Å². The van der Waals surface area contributed by atoms with Crippen LogP contribution in [-0.4, -0.2) is 64.0 Å². The Balaban J connectivity index is 0. The number of halogens is 6. The minimum atomic E-state index is -1.11. The van der Waals surface area contributed by atoms with Gasteiger partial charge in [0.25, 0.3) is 8.72 Å². The predicted octanol–water partition coefficient (Wildman–Crippen LogP) is 34.8. The van der Waals surface area contributed by atoms with Gasteiger partial charge in [-0.05, 0) is 96.9 Å². The molecule has 0 saturated carbocycles. The van der Waals surface area contributed by atoms with Gasteiger partial charge in [0.1, 0.15) is 0 Å². The normalized spacial score (nSPS) is 12.0. The molecule has 16 heteroatoms. The van der Waals surface area contributed by atoms with E-state index in [-0.39, 0.29) is 21.5 Å². The lowest BCUT2D eigenvalue weighted by Gasteiger charge is -2.37. The Morgan fingerprint density at radius 1 is 0.342 bits per heavy atom. The lowest BCUT2D eigenvalue weighted by molar-refractivity contribution is 0.471. The van der Waals surface area contributed by atoms with Gasteiger partial charge in [-0.3, -0.25) is 0 Å². The summed E-state index contributed by atoms with van der Waals surface area (Å²) in [4.78, 5) is 0. The molecule has 6 rings (SSSR count). The van der Waals surface area contributed by atoms with E-state index < -0.39 is 16.1 Å². The van der Waals surface area contributed by atoms with E-state index in [1.165, 1.54) is 133 Å². The van der Waals surface area contributed by atoms with E-state index in [1.807, 2.05) is 12.0 Å². The maximum Gasteiger partial charge on any atom is 0.351 e. The van der Waals surface area contributed by atoms with Crippen LogP contribution in [-0.2, 0) is 0 Å². The molecule has 0 fully saturated rings. The maximum absolute atomic E-state index is 5.42. The lowest BCUT2D eigenvalue weighted by Crippen LogP contribution is -2.52. The highest BCUT2D eigenvalue weighted by Gasteiger charge is 2.41. The van der Waals surface area contributed by atoms with E-state index >= 15 is 0 Å². The molecule has 0 nitrogen and oxygen atoms in total. The molecular formula is C101H168B8Br4Cl2Si2. The minimum Gasteiger partial charge on any atom is -0.172 e. The first-order chi connectivity index (χ1) is 54.5. The highest BCUT2D eigenvalue weighted by molar-refractivity contribution is 9.49. The number of unbranched alkanes of at least 4 members (excludes halogenated alkanes) is 8. The Morgan fingerprint density at radius 2 is 0.632 bits per heavy atom. The summed E-state index contributed by atoms with van der Waals surface area (Å²) in [5.41, 5.74) is 10.6. The van der Waals surface area contributed by atoms with Crippen LogP contribution in [0.1, 0.15) is 257 Å². The van der Waals surface area contributed by atoms with Gasteiger partial charge in [0.05, 0.1) is 16.1 Å². The zero-order valence-corrected chi connectivity index (χ0v) is 90.5. The SMILES string of the molecule is C=CB(C=C)C(C)(C)C(C)C.CC(C)C(C)(C)B(C=C[Si](C)(C)C)C=C[Si](C)(C)C.CC(C)C(C)(C)B(c1cccc2ccccc12)c1cccc2ccccc12.CC(C)C(C)(C)B(c1ccccc1)c1ccccc1.CCCCB(Br)Br.CCCCB(Cl)Cl.CCCCC=CB(C=CCCCC)C(C)(C)C(C)C.CCCCCB(Br)Br. The van der Waals surface area contributed by atoms with Crippen LogP contribution in [0.5, 0.6) is 0 Å². The Kier molecular flexibility index (Phi) is 61.8. The average molecular weight is 1920 g/mol. The number of hydrogen-bond donors (Lipinski definition) is 0. The zero-order valence-electron chi connectivity index (χ0n) is 80.6. The van der Waals surface area contributed by atoms with E-state index in [4.69, 9.17) is 22.9 Å². The molecule has 117 heavy (non-hydrogen) atoms. The van der Waals surface area contributed by atoms with Crippen molar-refractivity contribution < 1.29 is 0 Å². The van der Waals surface area contributed by atoms with Gasteiger partial charge in [-0.2, -0.15) is 22.9 Å². The summed E-state index contributed by atoms with van der Waals surface area (Å²) >= 11 is 24.5. The quantitative estimate of drug-likeness (QED) is 0.0268. The van der Waals surface area contributed by atoms with Crippen molar-refractivity contribution >= 4 is 193 Å². The van der Waals surface area contributed by atoms with Gasteiger partial charge in [0.2, 0.25) is 13.4 Å². The number of allylic oxidation sites excluding steroid dienone is 2. The van der Waals surface area contributed by atoms with Crippen LogP contribution in [0.25, 0.3) is 21.5 Å². The summed E-state index contributed by atoms with van der Waals surface area (Å²) in [7, 11) is -2.22. The van der Waals surface area contributed by atoms with Crippen molar-refractivity contribution in [3.63, 3.8) is 0 Å². The van der Waals surface area contributed by atoms with Gasteiger partial charge in [-0.1, -0.05) is 475 Å². The number of fused-ring (bicyclic) bond motifs is 2. The fraction of sp³-hybridized carbons (Fsp3) is 0.564. The van der Waals surface area contributed by atoms with Crippen molar-refractivity contribution in [2.45, 2.75) is 341 Å². The second-order valence-corrected chi connectivity index (χ2v) is 57.6. The van der Waals surface area contributed by atoms with Crippen molar-refractivity contribution in [1.29, 1.82) is 0 Å². The molecule has 0 amide bonds. The smallest absolute Gasteiger partial charge is 0.172 e. The Hall–Kier alpha value is -2.27. The molecule has 0 unspecified atom stereocenters. The summed E-state index contributed by atoms with van der Waals surface area (Å²) in [6.07, 6.45) is 24.7. The van der Waals surface area contributed by atoms with Crippen LogP contribution >= 0.6 is 85.9 Å². The monoisotopic (exact) mass is 1910 g/mol. The first-order valence-electron chi connectivity index (χ1n) is 45.4. The van der Waals surface area contributed by atoms with Crippen LogP contribution in [0.4, 0.5) is 0 Å². The van der Waals surface area contributed by atoms with E-state index in [0.717, 1.165) is 12.7 Å². The zero-order chi connectivity index (χ0) is 90.0. The summed E-state index contributed by atoms with van der Waals surface area (Å²) in [5.74, 6) is 17.0. The molecule has 0 radical (unpaired) electrons. The van der Waals surface area contributed by atoms with Crippen LogP contribution < -0.4 is 21.9 Å². The molecule has 0 aliphatic carbocycles. The maximum atomic E-state index is 5.42.